The van der Waals surface area contributed by atoms with Gasteiger partial charge in [0.25, 0.3) is 0 Å². The van der Waals surface area contributed by atoms with Crippen LogP contribution in [0.4, 0.5) is 0 Å². The Balaban J connectivity index is 2.01. The molecule has 106 valence electrons. The van der Waals surface area contributed by atoms with Crippen LogP contribution in [0, 0.1) is 0 Å². The predicted molar refractivity (Wildman–Crippen MR) is 84.1 cm³/mol. The van der Waals surface area contributed by atoms with Crippen LogP contribution in [-0.2, 0) is 9.53 Å². The van der Waals surface area contributed by atoms with Crippen molar-refractivity contribution >= 4 is 27.6 Å². The number of carbonyl (C=O) groups is 1. The van der Waals surface area contributed by atoms with Crippen LogP contribution in [0.5, 0.6) is 0 Å². The molecule has 0 N–H and O–H groups in total. The minimum atomic E-state index is -0.440. The van der Waals surface area contributed by atoms with Crippen molar-refractivity contribution < 1.29 is 9.53 Å². The zero-order chi connectivity index (χ0) is 14.8. The Morgan fingerprint density at radius 1 is 1.40 bits per heavy atom. The van der Waals surface area contributed by atoms with E-state index >= 15 is 0 Å². The summed E-state index contributed by atoms with van der Waals surface area (Å²) in [6.07, 6.45) is 2.28. The van der Waals surface area contributed by atoms with Gasteiger partial charge in [-0.2, -0.15) is 0 Å². The van der Waals surface area contributed by atoms with Gasteiger partial charge < -0.3 is 4.74 Å². The first-order valence-corrected chi connectivity index (χ1v) is 7.34. The lowest BCUT2D eigenvalue weighted by molar-refractivity contribution is -0.153. The maximum absolute atomic E-state index is 11.8. The van der Waals surface area contributed by atoms with Crippen molar-refractivity contribution in [1.82, 2.24) is 0 Å². The molecule has 0 fully saturated rings. The fourth-order valence-corrected chi connectivity index (χ4v) is 2.36. The molecule has 0 bridgehead atoms. The Hall–Kier alpha value is -1.42. The third kappa shape index (κ3) is 4.30. The highest BCUT2D eigenvalue weighted by atomic mass is 79.9. The maximum atomic E-state index is 11.8. The number of esters is 1. The molecular weight excluding hydrogens is 318 g/mol. The summed E-state index contributed by atoms with van der Waals surface area (Å²) >= 11 is 3.45. The average molecular weight is 336 g/mol. The van der Waals surface area contributed by atoms with Crippen molar-refractivity contribution in [2.24, 2.45) is 4.99 Å². The second-order valence-electron chi connectivity index (χ2n) is 5.78. The van der Waals surface area contributed by atoms with Gasteiger partial charge in [-0.05, 0) is 44.6 Å². The molecule has 1 heterocycles. The summed E-state index contributed by atoms with van der Waals surface area (Å²) < 4.78 is 6.34. The van der Waals surface area contributed by atoms with E-state index in [0.717, 1.165) is 21.3 Å². The van der Waals surface area contributed by atoms with Gasteiger partial charge in [0.05, 0.1) is 18.7 Å². The molecule has 4 heteroatoms. The van der Waals surface area contributed by atoms with E-state index in [1.165, 1.54) is 0 Å². The molecule has 1 aromatic rings. The first kappa shape index (κ1) is 15.0. The number of hydrogen-bond donors (Lipinski definition) is 0. The number of allylic oxidation sites excluding steroid dienone is 1. The summed E-state index contributed by atoms with van der Waals surface area (Å²) in [4.78, 5) is 16.3. The fourth-order valence-electron chi connectivity index (χ4n) is 1.96. The molecule has 3 nitrogen and oxygen atoms in total. The lowest BCUT2D eigenvalue weighted by atomic mass is 10.1. The summed E-state index contributed by atoms with van der Waals surface area (Å²) in [5.74, 6) is -0.200. The monoisotopic (exact) mass is 335 g/mol. The first-order chi connectivity index (χ1) is 9.33. The minimum absolute atomic E-state index is 0.200. The average Bonchev–Trinajstić information content (AvgIpc) is 2.74. The molecular formula is C16H18BrNO2. The molecule has 0 atom stereocenters. The van der Waals surface area contributed by atoms with Crippen LogP contribution in [0.2, 0.25) is 0 Å². The quantitative estimate of drug-likeness (QED) is 0.785. The molecule has 0 radical (unpaired) electrons. The Morgan fingerprint density at radius 3 is 2.80 bits per heavy atom. The van der Waals surface area contributed by atoms with E-state index in [1.54, 1.807) is 0 Å². The molecule has 0 spiro atoms. The summed E-state index contributed by atoms with van der Waals surface area (Å²) in [7, 11) is 0. The lowest BCUT2D eigenvalue weighted by Gasteiger charge is -2.19. The number of aliphatic imine (C=N–C) groups is 1. The molecule has 1 aliphatic heterocycles. The number of ether oxygens (including phenoxy) is 1. The fraction of sp³-hybridized carbons (Fsp3) is 0.375. The zero-order valence-corrected chi connectivity index (χ0v) is 13.5. The molecule has 0 aliphatic carbocycles. The van der Waals surface area contributed by atoms with Crippen molar-refractivity contribution in [3.8, 4) is 0 Å². The van der Waals surface area contributed by atoms with Crippen molar-refractivity contribution in [3.05, 3.63) is 46.0 Å². The van der Waals surface area contributed by atoms with Gasteiger partial charge in [0.2, 0.25) is 0 Å². The third-order valence-corrected chi connectivity index (χ3v) is 3.20. The second-order valence-corrected chi connectivity index (χ2v) is 6.69. The van der Waals surface area contributed by atoms with Crippen molar-refractivity contribution in [2.45, 2.75) is 32.8 Å². The Morgan fingerprint density at radius 2 is 2.15 bits per heavy atom. The van der Waals surface area contributed by atoms with E-state index in [-0.39, 0.29) is 5.97 Å². The van der Waals surface area contributed by atoms with Crippen LogP contribution in [0.1, 0.15) is 32.8 Å². The predicted octanol–water partition coefficient (Wildman–Crippen LogP) is 3.91. The van der Waals surface area contributed by atoms with E-state index in [2.05, 4.69) is 20.9 Å². The number of hydrogen-bond acceptors (Lipinski definition) is 3. The van der Waals surface area contributed by atoms with Gasteiger partial charge in [-0.25, -0.2) is 0 Å². The van der Waals surface area contributed by atoms with Crippen LogP contribution in [-0.4, -0.2) is 23.8 Å². The molecule has 1 aliphatic rings. The van der Waals surface area contributed by atoms with Gasteiger partial charge in [-0.1, -0.05) is 28.1 Å². The number of rotatable bonds is 3. The van der Waals surface area contributed by atoms with Crippen LogP contribution < -0.4 is 0 Å². The molecule has 0 amide bonds. The van der Waals surface area contributed by atoms with E-state index in [0.29, 0.717) is 13.0 Å². The second kappa shape index (κ2) is 5.92. The van der Waals surface area contributed by atoms with Crippen LogP contribution in [0.15, 0.2) is 45.4 Å². The zero-order valence-electron chi connectivity index (χ0n) is 11.9. The molecule has 2 rings (SSSR count). The molecule has 0 saturated heterocycles. The van der Waals surface area contributed by atoms with Crippen molar-refractivity contribution in [3.63, 3.8) is 0 Å². The van der Waals surface area contributed by atoms with E-state index < -0.39 is 5.60 Å². The minimum Gasteiger partial charge on any atom is -0.460 e. The normalized spacial score (nSPS) is 14.8. The van der Waals surface area contributed by atoms with Crippen LogP contribution >= 0.6 is 15.9 Å². The van der Waals surface area contributed by atoms with Gasteiger partial charge >= 0.3 is 5.97 Å². The largest absolute Gasteiger partial charge is 0.460 e. The first-order valence-electron chi connectivity index (χ1n) is 6.55. The van der Waals surface area contributed by atoms with E-state index in [1.807, 2.05) is 51.1 Å². The van der Waals surface area contributed by atoms with Gasteiger partial charge in [0, 0.05) is 10.0 Å². The SMILES string of the molecule is CC(C)(C)OC(=O)CC1=CC(c2cccc(Br)c2)=NC1. The van der Waals surface area contributed by atoms with Crippen molar-refractivity contribution in [1.29, 1.82) is 0 Å². The summed E-state index contributed by atoms with van der Waals surface area (Å²) in [6, 6.07) is 7.98. The molecule has 0 saturated carbocycles. The third-order valence-electron chi connectivity index (χ3n) is 2.71. The number of benzene rings is 1. The number of carbonyl (C=O) groups excluding carboxylic acids is 1. The Labute approximate surface area is 127 Å². The van der Waals surface area contributed by atoms with Gasteiger partial charge in [-0.3, -0.25) is 9.79 Å². The van der Waals surface area contributed by atoms with Crippen LogP contribution in [0.3, 0.4) is 0 Å². The standard InChI is InChI=1S/C16H18BrNO2/c1-16(2,3)20-15(19)8-11-7-14(18-10-11)12-5-4-6-13(17)9-12/h4-7,9H,8,10H2,1-3H3. The topological polar surface area (TPSA) is 38.7 Å². The smallest absolute Gasteiger partial charge is 0.310 e. The molecule has 0 aromatic heterocycles. The molecule has 20 heavy (non-hydrogen) atoms. The van der Waals surface area contributed by atoms with Gasteiger partial charge in [-0.15, -0.1) is 0 Å². The van der Waals surface area contributed by atoms with Crippen molar-refractivity contribution in [2.75, 3.05) is 6.54 Å². The lowest BCUT2D eigenvalue weighted by Crippen LogP contribution is -2.24. The highest BCUT2D eigenvalue weighted by molar-refractivity contribution is 9.10. The molecule has 0 unspecified atom stereocenters. The Kier molecular flexibility index (Phi) is 4.43. The van der Waals surface area contributed by atoms with E-state index in [4.69, 9.17) is 4.74 Å². The summed E-state index contributed by atoms with van der Waals surface area (Å²) in [5, 5.41) is 0. The molecule has 1 aromatic carbocycles. The number of halogens is 1. The van der Waals surface area contributed by atoms with Gasteiger partial charge in [0.15, 0.2) is 0 Å². The maximum Gasteiger partial charge on any atom is 0.310 e. The van der Waals surface area contributed by atoms with Crippen LogP contribution in [0.25, 0.3) is 0 Å². The number of nitrogens with zero attached hydrogens (tertiary/aromatic N) is 1. The highest BCUT2D eigenvalue weighted by Crippen LogP contribution is 2.19. The van der Waals surface area contributed by atoms with E-state index in [9.17, 15) is 4.79 Å². The summed E-state index contributed by atoms with van der Waals surface area (Å²) in [6.45, 7) is 6.19. The summed E-state index contributed by atoms with van der Waals surface area (Å²) in [5.41, 5.74) is 2.53. The Bertz CT molecular complexity index is 582. The highest BCUT2D eigenvalue weighted by Gasteiger charge is 2.19. The van der Waals surface area contributed by atoms with Gasteiger partial charge in [0.1, 0.15) is 5.60 Å².